The fourth-order valence-corrected chi connectivity index (χ4v) is 2.56. The van der Waals surface area contributed by atoms with E-state index in [0.29, 0.717) is 5.69 Å². The van der Waals surface area contributed by atoms with Crippen molar-refractivity contribution in [1.82, 2.24) is 20.3 Å². The Hall–Kier alpha value is -1.92. The van der Waals surface area contributed by atoms with E-state index in [1.807, 2.05) is 30.3 Å². The number of benzene rings is 1. The Labute approximate surface area is 129 Å². The molecule has 6 nitrogen and oxygen atoms in total. The summed E-state index contributed by atoms with van der Waals surface area (Å²) in [5.41, 5.74) is 7.12. The Kier molecular flexibility index (Phi) is 4.93. The molecule has 7 heteroatoms. The van der Waals surface area contributed by atoms with Crippen LogP contribution in [0.4, 0.5) is 0 Å². The first kappa shape index (κ1) is 15.5. The maximum absolute atomic E-state index is 12.3. The number of halogens is 1. The van der Waals surface area contributed by atoms with Crippen LogP contribution in [0.15, 0.2) is 36.5 Å². The molecule has 112 valence electrons. The van der Waals surface area contributed by atoms with Gasteiger partial charge in [0, 0.05) is 12.1 Å². The monoisotopic (exact) mass is 307 g/mol. The summed E-state index contributed by atoms with van der Waals surface area (Å²) >= 11 is 0. The van der Waals surface area contributed by atoms with Crippen LogP contribution >= 0.6 is 12.4 Å². The van der Waals surface area contributed by atoms with Crippen LogP contribution in [-0.2, 0) is 0 Å². The molecule has 1 heterocycles. The summed E-state index contributed by atoms with van der Waals surface area (Å²) in [5.74, 6) is -0.155. The molecule has 1 aliphatic carbocycles. The third-order valence-corrected chi connectivity index (χ3v) is 3.59. The third-order valence-electron chi connectivity index (χ3n) is 3.59. The fraction of sp³-hybridized carbons (Fsp3) is 0.357. The number of nitrogens with one attached hydrogen (secondary N) is 1. The van der Waals surface area contributed by atoms with Crippen LogP contribution in [0.5, 0.6) is 0 Å². The first-order chi connectivity index (χ1) is 9.74. The van der Waals surface area contributed by atoms with Gasteiger partial charge >= 0.3 is 0 Å². The van der Waals surface area contributed by atoms with E-state index in [1.54, 1.807) is 4.68 Å². The van der Waals surface area contributed by atoms with Crippen molar-refractivity contribution in [2.45, 2.75) is 31.3 Å². The Morgan fingerprint density at radius 1 is 1.29 bits per heavy atom. The van der Waals surface area contributed by atoms with Crippen molar-refractivity contribution in [3.63, 3.8) is 0 Å². The van der Waals surface area contributed by atoms with E-state index in [4.69, 9.17) is 5.73 Å². The molecule has 1 amide bonds. The molecule has 2 atom stereocenters. The van der Waals surface area contributed by atoms with Gasteiger partial charge in [-0.25, -0.2) is 4.68 Å². The molecule has 0 saturated heterocycles. The van der Waals surface area contributed by atoms with Gasteiger partial charge in [-0.05, 0) is 31.4 Å². The number of amides is 1. The number of carbonyl (C=O) groups excluding carboxylic acids is 1. The zero-order valence-corrected chi connectivity index (χ0v) is 12.3. The zero-order chi connectivity index (χ0) is 13.9. The Bertz CT molecular complexity index is 600. The first-order valence-electron chi connectivity index (χ1n) is 6.76. The quantitative estimate of drug-likeness (QED) is 0.895. The average Bonchev–Trinajstić information content (AvgIpc) is 3.09. The van der Waals surface area contributed by atoms with Crippen molar-refractivity contribution >= 4 is 18.3 Å². The molecular formula is C14H18ClN5O. The minimum Gasteiger partial charge on any atom is -0.348 e. The number of nitrogens with zero attached hydrogens (tertiary/aromatic N) is 3. The van der Waals surface area contributed by atoms with Gasteiger partial charge in [0.2, 0.25) is 0 Å². The van der Waals surface area contributed by atoms with Gasteiger partial charge in [0.05, 0.1) is 11.9 Å². The normalized spacial score (nSPS) is 20.8. The van der Waals surface area contributed by atoms with E-state index in [2.05, 4.69) is 15.6 Å². The minimum absolute atomic E-state index is 0. The summed E-state index contributed by atoms with van der Waals surface area (Å²) in [6, 6.07) is 9.83. The van der Waals surface area contributed by atoms with E-state index in [9.17, 15) is 4.79 Å². The van der Waals surface area contributed by atoms with Crippen LogP contribution in [0.1, 0.15) is 29.8 Å². The van der Waals surface area contributed by atoms with Crippen molar-refractivity contribution in [2.24, 2.45) is 5.73 Å². The van der Waals surface area contributed by atoms with Crippen molar-refractivity contribution in [1.29, 1.82) is 0 Å². The van der Waals surface area contributed by atoms with E-state index >= 15 is 0 Å². The van der Waals surface area contributed by atoms with E-state index in [1.165, 1.54) is 6.20 Å². The molecule has 0 unspecified atom stereocenters. The predicted molar refractivity (Wildman–Crippen MR) is 81.7 cm³/mol. The molecule has 0 bridgehead atoms. The summed E-state index contributed by atoms with van der Waals surface area (Å²) in [5, 5.41) is 10.8. The van der Waals surface area contributed by atoms with E-state index < -0.39 is 0 Å². The molecule has 3 N–H and O–H groups in total. The van der Waals surface area contributed by atoms with Crippen molar-refractivity contribution in [3.8, 4) is 5.69 Å². The number of hydrogen-bond donors (Lipinski definition) is 2. The molecule has 0 spiro atoms. The second-order valence-corrected chi connectivity index (χ2v) is 5.11. The van der Waals surface area contributed by atoms with Crippen LogP contribution in [0, 0.1) is 0 Å². The van der Waals surface area contributed by atoms with Crippen LogP contribution in [0.25, 0.3) is 5.69 Å². The molecule has 2 aromatic rings. The van der Waals surface area contributed by atoms with Gasteiger partial charge in [-0.1, -0.05) is 23.4 Å². The summed E-state index contributed by atoms with van der Waals surface area (Å²) in [7, 11) is 0. The average molecular weight is 308 g/mol. The maximum Gasteiger partial charge on any atom is 0.271 e. The lowest BCUT2D eigenvalue weighted by molar-refractivity contribution is 0.0930. The Balaban J connectivity index is 0.00000161. The summed E-state index contributed by atoms with van der Waals surface area (Å²) in [4.78, 5) is 12.3. The molecular weight excluding hydrogens is 290 g/mol. The number of hydrogen-bond acceptors (Lipinski definition) is 4. The van der Waals surface area contributed by atoms with Crippen LogP contribution in [0.3, 0.4) is 0 Å². The Morgan fingerprint density at radius 3 is 2.71 bits per heavy atom. The van der Waals surface area contributed by atoms with E-state index in [0.717, 1.165) is 24.9 Å². The largest absolute Gasteiger partial charge is 0.348 e. The summed E-state index contributed by atoms with van der Waals surface area (Å²) < 4.78 is 1.55. The van der Waals surface area contributed by atoms with Gasteiger partial charge in [0.15, 0.2) is 5.69 Å². The number of carbonyl (C=O) groups is 1. The smallest absolute Gasteiger partial charge is 0.271 e. The number of rotatable bonds is 3. The van der Waals surface area contributed by atoms with Gasteiger partial charge in [0.25, 0.3) is 5.91 Å². The molecule has 1 fully saturated rings. The maximum atomic E-state index is 12.3. The fourth-order valence-electron chi connectivity index (χ4n) is 2.56. The highest BCUT2D eigenvalue weighted by molar-refractivity contribution is 5.93. The Morgan fingerprint density at radius 2 is 2.05 bits per heavy atom. The summed E-state index contributed by atoms with van der Waals surface area (Å²) in [6.07, 6.45) is 4.21. The van der Waals surface area contributed by atoms with Gasteiger partial charge in [-0.3, -0.25) is 4.79 Å². The number of para-hydroxylation sites is 1. The molecule has 1 aromatic carbocycles. The zero-order valence-electron chi connectivity index (χ0n) is 11.5. The topological polar surface area (TPSA) is 85.8 Å². The van der Waals surface area contributed by atoms with Crippen molar-refractivity contribution < 1.29 is 4.79 Å². The summed E-state index contributed by atoms with van der Waals surface area (Å²) in [6.45, 7) is 0. The van der Waals surface area contributed by atoms with Crippen LogP contribution < -0.4 is 11.1 Å². The predicted octanol–water partition coefficient (Wildman–Crippen LogP) is 1.30. The molecule has 0 radical (unpaired) electrons. The lowest BCUT2D eigenvalue weighted by Crippen LogP contribution is -2.35. The molecule has 1 aromatic heterocycles. The molecule has 1 saturated carbocycles. The molecule has 3 rings (SSSR count). The van der Waals surface area contributed by atoms with Crippen molar-refractivity contribution in [3.05, 3.63) is 42.2 Å². The lowest BCUT2D eigenvalue weighted by atomic mass is 10.2. The molecule has 0 aliphatic heterocycles. The third kappa shape index (κ3) is 3.40. The van der Waals surface area contributed by atoms with E-state index in [-0.39, 0.29) is 30.4 Å². The number of nitrogens with two attached hydrogens (primary N) is 1. The molecule has 21 heavy (non-hydrogen) atoms. The highest BCUT2D eigenvalue weighted by atomic mass is 35.5. The number of aromatic nitrogens is 3. The highest BCUT2D eigenvalue weighted by Crippen LogP contribution is 2.18. The molecule has 1 aliphatic rings. The SMILES string of the molecule is Cl.N[C@@H]1CC[C@@H](NC(=O)c2cnnn2-c2ccccc2)C1. The van der Waals surface area contributed by atoms with Gasteiger partial charge in [0.1, 0.15) is 0 Å². The second kappa shape index (κ2) is 6.69. The first-order valence-corrected chi connectivity index (χ1v) is 6.76. The standard InChI is InChI=1S/C14H17N5O.ClH/c15-10-6-7-11(8-10)17-14(20)13-9-16-18-19(13)12-4-2-1-3-5-12;/h1-5,9-11H,6-8,15H2,(H,17,20);1H/t10-,11-;/m1./s1. The van der Waals surface area contributed by atoms with Crippen molar-refractivity contribution in [2.75, 3.05) is 0 Å². The van der Waals surface area contributed by atoms with Crippen LogP contribution in [-0.4, -0.2) is 33.0 Å². The van der Waals surface area contributed by atoms with Gasteiger partial charge < -0.3 is 11.1 Å². The van der Waals surface area contributed by atoms with Gasteiger partial charge in [-0.2, -0.15) is 0 Å². The minimum atomic E-state index is -0.155. The van der Waals surface area contributed by atoms with Crippen LogP contribution in [0.2, 0.25) is 0 Å². The second-order valence-electron chi connectivity index (χ2n) is 5.11. The van der Waals surface area contributed by atoms with Gasteiger partial charge in [-0.15, -0.1) is 17.5 Å². The lowest BCUT2D eigenvalue weighted by Gasteiger charge is -2.12. The highest BCUT2D eigenvalue weighted by Gasteiger charge is 2.25.